The van der Waals surface area contributed by atoms with E-state index in [2.05, 4.69) is 10.3 Å². The lowest BCUT2D eigenvalue weighted by molar-refractivity contribution is -0.119. The fourth-order valence-electron chi connectivity index (χ4n) is 3.23. The van der Waals surface area contributed by atoms with Gasteiger partial charge < -0.3 is 10.1 Å². The van der Waals surface area contributed by atoms with Crippen molar-refractivity contribution in [2.75, 3.05) is 19.0 Å². The number of ether oxygens (including phenoxy) is 1. The van der Waals surface area contributed by atoms with Crippen LogP contribution in [0.15, 0.2) is 39.9 Å². The quantitative estimate of drug-likeness (QED) is 0.598. The van der Waals surface area contributed by atoms with Gasteiger partial charge in [0.25, 0.3) is 10.0 Å². The largest absolute Gasteiger partial charge is 0.465 e. The van der Waals surface area contributed by atoms with Gasteiger partial charge in [0.15, 0.2) is 5.13 Å². The van der Waals surface area contributed by atoms with Crippen molar-refractivity contribution in [1.82, 2.24) is 9.29 Å². The monoisotopic (exact) mass is 451 g/mol. The molecule has 0 saturated carbocycles. The van der Waals surface area contributed by atoms with Crippen LogP contribution >= 0.6 is 22.7 Å². The third-order valence-electron chi connectivity index (χ3n) is 4.60. The lowest BCUT2D eigenvalue weighted by Gasteiger charge is -2.22. The van der Waals surface area contributed by atoms with Crippen LogP contribution in [-0.2, 0) is 19.6 Å². The van der Waals surface area contributed by atoms with Crippen molar-refractivity contribution in [2.24, 2.45) is 0 Å². The lowest BCUT2D eigenvalue weighted by Crippen LogP contribution is -2.42. The third-order valence-corrected chi connectivity index (χ3v) is 8.82. The number of hydrogen-bond acceptors (Lipinski definition) is 8. The van der Waals surface area contributed by atoms with Crippen molar-refractivity contribution >= 4 is 59.9 Å². The maximum absolute atomic E-state index is 12.8. The van der Waals surface area contributed by atoms with E-state index in [0.717, 1.165) is 16.0 Å². The molecule has 0 spiro atoms. The number of amides is 1. The number of sulfonamides is 1. The molecule has 1 unspecified atom stereocenters. The number of aromatic nitrogens is 1. The number of nitrogens with zero attached hydrogens (tertiary/aromatic N) is 2. The van der Waals surface area contributed by atoms with Crippen LogP contribution in [-0.4, -0.2) is 49.3 Å². The fraction of sp³-hybridized carbons (Fsp3) is 0.278. The molecule has 8 nitrogen and oxygen atoms in total. The number of carbonyl (C=O) groups excluding carboxylic acids is 2. The summed E-state index contributed by atoms with van der Waals surface area (Å²) >= 11 is 2.35. The number of anilines is 1. The van der Waals surface area contributed by atoms with E-state index >= 15 is 0 Å². The van der Waals surface area contributed by atoms with E-state index in [1.165, 1.54) is 22.8 Å². The van der Waals surface area contributed by atoms with Gasteiger partial charge in [-0.05, 0) is 42.5 Å². The Morgan fingerprint density at radius 3 is 2.86 bits per heavy atom. The van der Waals surface area contributed by atoms with Crippen LogP contribution in [0.1, 0.15) is 23.2 Å². The summed E-state index contributed by atoms with van der Waals surface area (Å²) in [5.41, 5.74) is 1.03. The van der Waals surface area contributed by atoms with Gasteiger partial charge in [-0.25, -0.2) is 18.2 Å². The van der Waals surface area contributed by atoms with Crippen molar-refractivity contribution in [3.8, 4) is 0 Å². The van der Waals surface area contributed by atoms with Gasteiger partial charge in [0.05, 0.1) is 22.9 Å². The number of fused-ring (bicyclic) bond motifs is 1. The number of rotatable bonds is 5. The van der Waals surface area contributed by atoms with E-state index in [1.807, 2.05) is 0 Å². The molecule has 1 amide bonds. The highest BCUT2D eigenvalue weighted by Gasteiger charge is 2.40. The van der Waals surface area contributed by atoms with Crippen LogP contribution in [0.2, 0.25) is 0 Å². The minimum absolute atomic E-state index is 0.229. The first-order valence-corrected chi connectivity index (χ1v) is 11.9. The number of esters is 1. The molecule has 1 fully saturated rings. The second kappa shape index (κ2) is 7.82. The molecule has 29 heavy (non-hydrogen) atoms. The molecule has 1 aromatic carbocycles. The molecular formula is C18H17N3O5S3. The van der Waals surface area contributed by atoms with Crippen LogP contribution in [0.3, 0.4) is 0 Å². The second-order valence-electron chi connectivity index (χ2n) is 6.39. The Morgan fingerprint density at radius 2 is 2.14 bits per heavy atom. The first-order valence-electron chi connectivity index (χ1n) is 8.75. The number of nitrogens with one attached hydrogen (secondary N) is 1. The van der Waals surface area contributed by atoms with Crippen LogP contribution in [0, 0.1) is 0 Å². The Kier molecular flexibility index (Phi) is 5.38. The highest BCUT2D eigenvalue weighted by molar-refractivity contribution is 7.91. The first-order chi connectivity index (χ1) is 13.9. The van der Waals surface area contributed by atoms with Gasteiger partial charge in [-0.3, -0.25) is 4.79 Å². The summed E-state index contributed by atoms with van der Waals surface area (Å²) < 4.78 is 32.6. The van der Waals surface area contributed by atoms with Gasteiger partial charge in [0, 0.05) is 6.54 Å². The van der Waals surface area contributed by atoms with Crippen LogP contribution in [0.25, 0.3) is 10.2 Å². The molecule has 1 saturated heterocycles. The number of methoxy groups -OCH3 is 1. The van der Waals surface area contributed by atoms with E-state index in [4.69, 9.17) is 4.74 Å². The fourth-order valence-corrected chi connectivity index (χ4v) is 6.91. The Labute approximate surface area is 175 Å². The Hall–Kier alpha value is -2.34. The molecule has 11 heteroatoms. The lowest BCUT2D eigenvalue weighted by atomic mass is 10.2. The molecule has 2 aromatic heterocycles. The van der Waals surface area contributed by atoms with Gasteiger partial charge in [-0.2, -0.15) is 4.31 Å². The van der Waals surface area contributed by atoms with Crippen molar-refractivity contribution < 1.29 is 22.7 Å². The summed E-state index contributed by atoms with van der Waals surface area (Å²) in [4.78, 5) is 28.8. The normalized spacial score (nSPS) is 17.5. The summed E-state index contributed by atoms with van der Waals surface area (Å²) in [6, 6.07) is 7.37. The predicted octanol–water partition coefficient (Wildman–Crippen LogP) is 2.94. The summed E-state index contributed by atoms with van der Waals surface area (Å²) in [5.74, 6) is -0.860. The molecule has 1 aliphatic rings. The van der Waals surface area contributed by atoms with Gasteiger partial charge in [-0.15, -0.1) is 11.3 Å². The zero-order valence-electron chi connectivity index (χ0n) is 15.3. The molecule has 0 bridgehead atoms. The first kappa shape index (κ1) is 20.0. The summed E-state index contributed by atoms with van der Waals surface area (Å²) in [7, 11) is -2.39. The smallest absolute Gasteiger partial charge is 0.337 e. The molecule has 152 valence electrons. The molecule has 1 N–H and O–H groups in total. The Balaban J connectivity index is 1.55. The number of thiazole rings is 1. The van der Waals surface area contributed by atoms with E-state index in [-0.39, 0.29) is 4.21 Å². The minimum atomic E-state index is -3.70. The van der Waals surface area contributed by atoms with E-state index in [1.54, 1.807) is 35.7 Å². The Morgan fingerprint density at radius 1 is 1.31 bits per heavy atom. The highest BCUT2D eigenvalue weighted by atomic mass is 32.2. The number of carbonyl (C=O) groups is 2. The SMILES string of the molecule is COC(=O)c1ccc2nc(NC(=O)C3CCCN3S(=O)(=O)c3cccs3)sc2c1. The van der Waals surface area contributed by atoms with Crippen molar-refractivity contribution in [3.05, 3.63) is 41.3 Å². The van der Waals surface area contributed by atoms with E-state index < -0.39 is 27.9 Å². The number of thiophene rings is 1. The van der Waals surface area contributed by atoms with Crippen LogP contribution < -0.4 is 5.32 Å². The summed E-state index contributed by atoms with van der Waals surface area (Å²) in [5, 5.41) is 4.78. The van der Waals surface area contributed by atoms with E-state index in [9.17, 15) is 18.0 Å². The summed E-state index contributed by atoms with van der Waals surface area (Å²) in [6.07, 6.45) is 1.07. The second-order valence-corrected chi connectivity index (χ2v) is 10.5. The van der Waals surface area contributed by atoms with Crippen LogP contribution in [0.5, 0.6) is 0 Å². The van der Waals surface area contributed by atoms with Crippen molar-refractivity contribution in [2.45, 2.75) is 23.1 Å². The zero-order chi connectivity index (χ0) is 20.6. The molecule has 3 heterocycles. The Bertz CT molecular complexity index is 1170. The topological polar surface area (TPSA) is 106 Å². The third kappa shape index (κ3) is 3.78. The molecule has 0 aliphatic carbocycles. The van der Waals surface area contributed by atoms with Gasteiger partial charge in [0.1, 0.15) is 10.3 Å². The predicted molar refractivity (Wildman–Crippen MR) is 111 cm³/mol. The van der Waals surface area contributed by atoms with Gasteiger partial charge >= 0.3 is 5.97 Å². The van der Waals surface area contributed by atoms with Crippen molar-refractivity contribution in [3.63, 3.8) is 0 Å². The maximum Gasteiger partial charge on any atom is 0.337 e. The molecule has 4 rings (SSSR count). The number of benzene rings is 1. The van der Waals surface area contributed by atoms with Gasteiger partial charge in [0.2, 0.25) is 5.91 Å². The maximum atomic E-state index is 12.8. The van der Waals surface area contributed by atoms with Crippen LogP contribution in [0.4, 0.5) is 5.13 Å². The molecule has 1 atom stereocenters. The standard InChI is InChI=1S/C18H17N3O5S3/c1-26-17(23)11-6-7-12-14(10-11)28-18(19-12)20-16(22)13-4-2-8-21(13)29(24,25)15-5-3-9-27-15/h3,5-7,9-10,13H,2,4,8H2,1H3,(H,19,20,22). The van der Waals surface area contributed by atoms with Crippen molar-refractivity contribution in [1.29, 1.82) is 0 Å². The minimum Gasteiger partial charge on any atom is -0.465 e. The average Bonchev–Trinajstić information content (AvgIpc) is 3.46. The molecule has 1 aliphatic heterocycles. The average molecular weight is 452 g/mol. The molecular weight excluding hydrogens is 434 g/mol. The highest BCUT2D eigenvalue weighted by Crippen LogP contribution is 2.31. The zero-order valence-corrected chi connectivity index (χ0v) is 17.8. The van der Waals surface area contributed by atoms with Gasteiger partial charge in [-0.1, -0.05) is 17.4 Å². The molecule has 0 radical (unpaired) electrons. The molecule has 3 aromatic rings. The number of hydrogen-bond donors (Lipinski definition) is 1. The van der Waals surface area contributed by atoms with E-state index in [0.29, 0.717) is 35.6 Å². The summed E-state index contributed by atoms with van der Waals surface area (Å²) in [6.45, 7) is 0.306.